The molecule has 46 heavy (non-hydrogen) atoms. The monoisotopic (exact) mass is 629 g/mol. The van der Waals surface area contributed by atoms with Crippen molar-refractivity contribution in [1.29, 1.82) is 0 Å². The third kappa shape index (κ3) is 4.68. The summed E-state index contributed by atoms with van der Waals surface area (Å²) in [7, 11) is 0. The van der Waals surface area contributed by atoms with Crippen molar-refractivity contribution in [3.8, 4) is 5.00 Å². The Labute approximate surface area is 266 Å². The molecule has 0 N–H and O–H groups in total. The number of carbonyl (C=O) groups excluding carboxylic acids is 1. The number of esters is 1. The molecule has 228 valence electrons. The first-order valence-electron chi connectivity index (χ1n) is 15.3. The first kappa shape index (κ1) is 28.3. The topological polar surface area (TPSA) is 91.9 Å². The Kier molecular flexibility index (Phi) is 6.94. The lowest BCUT2D eigenvalue weighted by Gasteiger charge is -2.23. The minimum Gasteiger partial charge on any atom is -0.462 e. The third-order valence-corrected chi connectivity index (χ3v) is 9.98. The fourth-order valence-corrected chi connectivity index (χ4v) is 7.92. The molecule has 0 fully saturated rings. The van der Waals surface area contributed by atoms with Crippen LogP contribution < -0.4 is 5.56 Å². The summed E-state index contributed by atoms with van der Waals surface area (Å²) in [4.78, 5) is 43.7. The Morgan fingerprint density at radius 2 is 1.72 bits per heavy atom. The van der Waals surface area contributed by atoms with E-state index in [1.54, 1.807) is 19.1 Å². The van der Waals surface area contributed by atoms with E-state index in [1.807, 2.05) is 47.0 Å². The van der Waals surface area contributed by atoms with Crippen LogP contribution in [0.15, 0.2) is 90.0 Å². The van der Waals surface area contributed by atoms with E-state index in [-0.39, 0.29) is 18.0 Å². The lowest BCUT2D eigenvalue weighted by atomic mass is 9.83. The van der Waals surface area contributed by atoms with E-state index in [4.69, 9.17) is 19.7 Å². The quantitative estimate of drug-likeness (QED) is 0.184. The number of nitrogens with zero attached hydrogens (tertiary/aromatic N) is 5. The van der Waals surface area contributed by atoms with Crippen molar-refractivity contribution in [1.82, 2.24) is 24.1 Å². The van der Waals surface area contributed by atoms with Crippen LogP contribution in [0.3, 0.4) is 0 Å². The smallest absolute Gasteiger partial charge is 0.341 e. The van der Waals surface area contributed by atoms with E-state index in [9.17, 15) is 14.0 Å². The number of para-hydroxylation sites is 2. The van der Waals surface area contributed by atoms with Crippen molar-refractivity contribution in [2.75, 3.05) is 6.61 Å². The fraction of sp³-hybridized carbons (Fsp3) is 0.194. The zero-order chi connectivity index (χ0) is 31.4. The summed E-state index contributed by atoms with van der Waals surface area (Å²) < 4.78 is 22.6. The average Bonchev–Trinajstić information content (AvgIpc) is 3.61. The lowest BCUT2D eigenvalue weighted by molar-refractivity contribution is 0.0525. The highest BCUT2D eigenvalue weighted by atomic mass is 32.1. The third-order valence-electron chi connectivity index (χ3n) is 8.72. The van der Waals surface area contributed by atoms with Gasteiger partial charge in [-0.05, 0) is 73.1 Å². The molecule has 0 bridgehead atoms. The zero-order valence-corrected chi connectivity index (χ0v) is 25.8. The standard InChI is InChI=1S/C36H28FN5O3S/c1-2-45-36(44)29-25-17-14-23(22-8-4-3-5-9-22)18-28(25)46-35(29)42-20-38-32-30(34(42)43)31-33(40-27-11-7-6-10-26(27)39-31)41(32)19-21-12-15-24(37)16-13-21/h3-13,15-16,20,23H,2,14,17-19H2,1H3. The van der Waals surface area contributed by atoms with Gasteiger partial charge >= 0.3 is 5.97 Å². The lowest BCUT2D eigenvalue weighted by Crippen LogP contribution is -2.21. The van der Waals surface area contributed by atoms with Crippen molar-refractivity contribution in [3.05, 3.63) is 128 Å². The van der Waals surface area contributed by atoms with Gasteiger partial charge in [0.05, 0.1) is 29.7 Å². The number of rotatable bonds is 6. The van der Waals surface area contributed by atoms with Crippen molar-refractivity contribution < 1.29 is 13.9 Å². The molecule has 1 atom stereocenters. The van der Waals surface area contributed by atoms with Crippen LogP contribution in [0.25, 0.3) is 38.2 Å². The van der Waals surface area contributed by atoms with Gasteiger partial charge in [-0.2, -0.15) is 0 Å². The second-order valence-corrected chi connectivity index (χ2v) is 12.6. The highest BCUT2D eigenvalue weighted by molar-refractivity contribution is 7.15. The fourth-order valence-electron chi connectivity index (χ4n) is 6.54. The predicted octanol–water partition coefficient (Wildman–Crippen LogP) is 6.98. The van der Waals surface area contributed by atoms with Crippen LogP contribution in [0, 0.1) is 5.82 Å². The minimum atomic E-state index is -0.440. The second kappa shape index (κ2) is 11.3. The summed E-state index contributed by atoms with van der Waals surface area (Å²) >= 11 is 1.45. The van der Waals surface area contributed by atoms with E-state index < -0.39 is 5.97 Å². The summed E-state index contributed by atoms with van der Waals surface area (Å²) in [5.41, 5.74) is 5.79. The van der Waals surface area contributed by atoms with Gasteiger partial charge in [-0.15, -0.1) is 11.3 Å². The molecule has 0 spiro atoms. The number of hydrogen-bond acceptors (Lipinski definition) is 7. The first-order chi connectivity index (χ1) is 22.5. The van der Waals surface area contributed by atoms with E-state index in [0.29, 0.717) is 62.7 Å². The average molecular weight is 630 g/mol. The van der Waals surface area contributed by atoms with E-state index in [2.05, 4.69) is 12.1 Å². The highest BCUT2D eigenvalue weighted by Gasteiger charge is 2.32. The SMILES string of the molecule is CCOC(=O)c1c(-n2cnc3c(c2=O)c2nc4ccccc4nc2n3Cc2ccc(F)cc2)sc2c1CCC(c1ccccc1)C2. The highest BCUT2D eigenvalue weighted by Crippen LogP contribution is 2.42. The van der Waals surface area contributed by atoms with Crippen molar-refractivity contribution in [3.63, 3.8) is 0 Å². The minimum absolute atomic E-state index is 0.223. The number of halogens is 1. The van der Waals surface area contributed by atoms with Gasteiger partial charge in [-0.25, -0.2) is 24.1 Å². The van der Waals surface area contributed by atoms with Crippen LogP contribution in [0.5, 0.6) is 0 Å². The molecule has 0 radical (unpaired) electrons. The summed E-state index contributed by atoms with van der Waals surface area (Å²) in [6.07, 6.45) is 3.86. The maximum absolute atomic E-state index is 14.6. The van der Waals surface area contributed by atoms with E-state index >= 15 is 0 Å². The Hall–Kier alpha value is -5.22. The van der Waals surface area contributed by atoms with Crippen molar-refractivity contribution in [2.24, 2.45) is 0 Å². The second-order valence-electron chi connectivity index (χ2n) is 11.5. The predicted molar refractivity (Wildman–Crippen MR) is 176 cm³/mol. The van der Waals surface area contributed by atoms with Gasteiger partial charge in [-0.1, -0.05) is 54.6 Å². The Bertz CT molecular complexity index is 2340. The molecular formula is C36H28FN5O3S. The molecule has 7 aromatic rings. The Morgan fingerprint density at radius 3 is 2.48 bits per heavy atom. The number of carbonyl (C=O) groups is 1. The van der Waals surface area contributed by atoms with Gasteiger partial charge in [0.25, 0.3) is 5.56 Å². The Balaban J connectivity index is 1.34. The van der Waals surface area contributed by atoms with Gasteiger partial charge in [0.15, 0.2) is 11.3 Å². The normalized spacial score (nSPS) is 14.6. The molecular weight excluding hydrogens is 601 g/mol. The molecule has 8 rings (SSSR count). The number of benzene rings is 3. The number of aromatic nitrogens is 5. The molecule has 10 heteroatoms. The molecule has 4 aromatic heterocycles. The zero-order valence-electron chi connectivity index (χ0n) is 24.9. The maximum Gasteiger partial charge on any atom is 0.341 e. The van der Waals surface area contributed by atoms with Crippen LogP contribution >= 0.6 is 11.3 Å². The number of ether oxygens (including phenoxy) is 1. The van der Waals surface area contributed by atoms with Gasteiger partial charge in [-0.3, -0.25) is 9.36 Å². The molecule has 8 nitrogen and oxygen atoms in total. The number of hydrogen-bond donors (Lipinski definition) is 0. The summed E-state index contributed by atoms with van der Waals surface area (Å²) in [5, 5.41) is 0.811. The summed E-state index contributed by atoms with van der Waals surface area (Å²) in [6.45, 7) is 2.31. The molecule has 0 amide bonds. The molecule has 0 saturated heterocycles. The largest absolute Gasteiger partial charge is 0.462 e. The van der Waals surface area contributed by atoms with Crippen molar-refractivity contribution >= 4 is 50.5 Å². The van der Waals surface area contributed by atoms with Gasteiger partial charge < -0.3 is 9.30 Å². The number of thiophene rings is 1. The molecule has 0 aliphatic heterocycles. The van der Waals surface area contributed by atoms with Gasteiger partial charge in [0, 0.05) is 4.88 Å². The molecule has 1 aliphatic carbocycles. The molecule has 0 saturated carbocycles. The maximum atomic E-state index is 14.6. The van der Waals surface area contributed by atoms with E-state index in [1.165, 1.54) is 39.9 Å². The number of fused-ring (bicyclic) bond motifs is 5. The van der Waals surface area contributed by atoms with Crippen LogP contribution in [0.1, 0.15) is 51.2 Å². The summed E-state index contributed by atoms with van der Waals surface area (Å²) in [6, 6.07) is 24.1. The summed E-state index contributed by atoms with van der Waals surface area (Å²) in [5.74, 6) is -0.450. The van der Waals surface area contributed by atoms with Crippen LogP contribution in [-0.4, -0.2) is 36.7 Å². The first-order valence-corrected chi connectivity index (χ1v) is 16.1. The van der Waals surface area contributed by atoms with Crippen LogP contribution in [0.4, 0.5) is 4.39 Å². The molecule has 1 aliphatic rings. The van der Waals surface area contributed by atoms with Gasteiger partial charge in [0.1, 0.15) is 28.0 Å². The van der Waals surface area contributed by atoms with Crippen LogP contribution in [-0.2, 0) is 24.1 Å². The van der Waals surface area contributed by atoms with E-state index in [0.717, 1.165) is 28.8 Å². The Morgan fingerprint density at radius 1 is 0.978 bits per heavy atom. The molecule has 4 heterocycles. The van der Waals surface area contributed by atoms with Crippen LogP contribution in [0.2, 0.25) is 0 Å². The van der Waals surface area contributed by atoms with Crippen molar-refractivity contribution in [2.45, 2.75) is 38.6 Å². The molecule has 1 unspecified atom stereocenters. The molecule has 3 aromatic carbocycles. The van der Waals surface area contributed by atoms with Gasteiger partial charge in [0.2, 0.25) is 0 Å².